The summed E-state index contributed by atoms with van der Waals surface area (Å²) < 4.78 is 30.8. The van der Waals surface area contributed by atoms with Gasteiger partial charge in [0, 0.05) is 49.9 Å². The van der Waals surface area contributed by atoms with Gasteiger partial charge in [-0.1, -0.05) is 0 Å². The fourth-order valence-electron chi connectivity index (χ4n) is 6.05. The van der Waals surface area contributed by atoms with E-state index >= 15 is 0 Å². The summed E-state index contributed by atoms with van der Waals surface area (Å²) in [5.41, 5.74) is -0.614. The van der Waals surface area contributed by atoms with Gasteiger partial charge in [0.25, 0.3) is 15.8 Å². The molecule has 2 saturated heterocycles. The summed E-state index contributed by atoms with van der Waals surface area (Å²) in [7, 11) is -3.37. The van der Waals surface area contributed by atoms with Gasteiger partial charge in [-0.15, -0.1) is 0 Å². The summed E-state index contributed by atoms with van der Waals surface area (Å²) in [6.45, 7) is 4.06. The molecule has 4 fully saturated rings. The van der Waals surface area contributed by atoms with E-state index in [1.165, 1.54) is 18.9 Å². The van der Waals surface area contributed by atoms with Gasteiger partial charge < -0.3 is 10.4 Å². The molecule has 0 bridgehead atoms. The first-order chi connectivity index (χ1) is 16.7. The van der Waals surface area contributed by atoms with Gasteiger partial charge in [0.1, 0.15) is 5.65 Å². The zero-order chi connectivity index (χ0) is 24.4. The van der Waals surface area contributed by atoms with Crippen molar-refractivity contribution in [2.75, 3.05) is 31.5 Å². The van der Waals surface area contributed by atoms with Crippen LogP contribution in [0.3, 0.4) is 0 Å². The predicted octanol–water partition coefficient (Wildman–Crippen LogP) is 1.73. The minimum atomic E-state index is -3.37. The Kier molecular flexibility index (Phi) is 5.66. The summed E-state index contributed by atoms with van der Waals surface area (Å²) in [6, 6.07) is 2.95. The number of piperidine rings is 1. The molecule has 6 rings (SSSR count). The third-order valence-corrected chi connectivity index (χ3v) is 10.4. The van der Waals surface area contributed by atoms with Crippen LogP contribution in [-0.2, 0) is 10.2 Å². The lowest BCUT2D eigenvalue weighted by molar-refractivity contribution is 0.0267. The van der Waals surface area contributed by atoms with Gasteiger partial charge in [-0.3, -0.25) is 9.36 Å². The molecule has 2 atom stereocenters. The highest BCUT2D eigenvalue weighted by molar-refractivity contribution is 7.86. The Balaban J connectivity index is 1.14. The Morgan fingerprint density at radius 1 is 1.06 bits per heavy atom. The number of hydrogen-bond donors (Lipinski definition) is 2. The molecule has 0 spiro atoms. The summed E-state index contributed by atoms with van der Waals surface area (Å²) in [5, 5.41) is 14.9. The average Bonchev–Trinajstić information content (AvgIpc) is 3.55. The van der Waals surface area contributed by atoms with Gasteiger partial charge >= 0.3 is 0 Å². The van der Waals surface area contributed by atoms with E-state index < -0.39 is 15.8 Å². The van der Waals surface area contributed by atoms with Crippen LogP contribution in [0.1, 0.15) is 57.9 Å². The molecule has 2 aliphatic carbocycles. The Morgan fingerprint density at radius 3 is 2.46 bits per heavy atom. The van der Waals surface area contributed by atoms with Crippen LogP contribution in [0, 0.1) is 11.8 Å². The number of pyridine rings is 1. The Morgan fingerprint density at radius 2 is 1.80 bits per heavy atom. The van der Waals surface area contributed by atoms with E-state index in [2.05, 4.69) is 15.3 Å². The lowest BCUT2D eigenvalue weighted by atomic mass is 9.98. The number of rotatable bonds is 6. The van der Waals surface area contributed by atoms with Crippen LogP contribution >= 0.6 is 0 Å². The average molecular weight is 503 g/mol. The van der Waals surface area contributed by atoms with E-state index in [4.69, 9.17) is 0 Å². The molecule has 0 radical (unpaired) electrons. The standard InChI is InChI=1S/C24H34N6O4S/c1-24(32)10-2-3-20(24)30-21(31)7-6-17-13-25-23(27-22(17)30)26-19-8-11-28(12-9-19)35(33,34)29-14-18(15-29)16-4-5-16/h6-7,13,16,18-20,32H,2-5,8-12,14-15H2,1H3,(H,25,26,27)/t20-,24-/m1/s1. The minimum Gasteiger partial charge on any atom is -0.388 e. The number of aromatic nitrogens is 3. The third-order valence-electron chi connectivity index (χ3n) is 8.46. The number of anilines is 1. The molecule has 0 unspecified atom stereocenters. The monoisotopic (exact) mass is 502 g/mol. The molecule has 2 aromatic rings. The lowest BCUT2D eigenvalue weighted by Crippen LogP contribution is -2.57. The smallest absolute Gasteiger partial charge is 0.281 e. The van der Waals surface area contributed by atoms with Crippen molar-refractivity contribution in [3.8, 4) is 0 Å². The third kappa shape index (κ3) is 4.26. The molecule has 190 valence electrons. The molecule has 11 heteroatoms. The minimum absolute atomic E-state index is 0.0491. The molecule has 0 amide bonds. The van der Waals surface area contributed by atoms with Crippen LogP contribution in [0.2, 0.25) is 0 Å². The first-order valence-corrected chi connectivity index (χ1v) is 14.2. The second-order valence-corrected chi connectivity index (χ2v) is 12.9. The first kappa shape index (κ1) is 23.3. The second kappa shape index (κ2) is 8.50. The van der Waals surface area contributed by atoms with Gasteiger partial charge in [-0.2, -0.15) is 22.0 Å². The number of hydrogen-bond acceptors (Lipinski definition) is 7. The summed E-state index contributed by atoms with van der Waals surface area (Å²) in [6.07, 6.45) is 7.77. The molecule has 4 heterocycles. The highest BCUT2D eigenvalue weighted by Gasteiger charge is 2.46. The zero-order valence-electron chi connectivity index (χ0n) is 20.1. The molecular formula is C24H34N6O4S. The number of aliphatic hydroxyl groups is 1. The first-order valence-electron chi connectivity index (χ1n) is 12.8. The van der Waals surface area contributed by atoms with Gasteiger partial charge in [-0.25, -0.2) is 4.98 Å². The highest BCUT2D eigenvalue weighted by atomic mass is 32.2. The van der Waals surface area contributed by atoms with Crippen LogP contribution in [0.25, 0.3) is 11.0 Å². The van der Waals surface area contributed by atoms with Crippen LogP contribution < -0.4 is 10.9 Å². The van der Waals surface area contributed by atoms with Crippen LogP contribution in [0.15, 0.2) is 23.1 Å². The van der Waals surface area contributed by atoms with Gasteiger partial charge in [0.05, 0.1) is 11.6 Å². The van der Waals surface area contributed by atoms with Crippen molar-refractivity contribution in [2.24, 2.45) is 11.8 Å². The molecule has 2 aliphatic heterocycles. The molecule has 4 aliphatic rings. The predicted molar refractivity (Wildman–Crippen MR) is 132 cm³/mol. The van der Waals surface area contributed by atoms with Gasteiger partial charge in [0.15, 0.2) is 0 Å². The van der Waals surface area contributed by atoms with Crippen molar-refractivity contribution in [3.63, 3.8) is 0 Å². The maximum atomic E-state index is 13.0. The molecule has 35 heavy (non-hydrogen) atoms. The van der Waals surface area contributed by atoms with E-state index in [1.807, 2.05) is 0 Å². The fourth-order valence-corrected chi connectivity index (χ4v) is 7.81. The normalized spacial score (nSPS) is 29.5. The van der Waals surface area contributed by atoms with E-state index in [-0.39, 0.29) is 17.6 Å². The zero-order valence-corrected chi connectivity index (χ0v) is 21.0. The molecule has 0 aromatic carbocycles. The van der Waals surface area contributed by atoms with Crippen LogP contribution in [-0.4, -0.2) is 74.5 Å². The topological polar surface area (TPSA) is 121 Å². The van der Waals surface area contributed by atoms with Gasteiger partial charge in [0.2, 0.25) is 5.95 Å². The second-order valence-electron chi connectivity index (χ2n) is 11.0. The van der Waals surface area contributed by atoms with Crippen molar-refractivity contribution >= 4 is 27.2 Å². The quantitative estimate of drug-likeness (QED) is 0.617. The Hall–Kier alpha value is -2.08. The van der Waals surface area contributed by atoms with E-state index in [0.29, 0.717) is 63.0 Å². The van der Waals surface area contributed by atoms with Gasteiger partial charge in [-0.05, 0) is 69.8 Å². The maximum Gasteiger partial charge on any atom is 0.281 e. The number of nitrogens with zero attached hydrogens (tertiary/aromatic N) is 5. The summed E-state index contributed by atoms with van der Waals surface area (Å²) >= 11 is 0. The number of nitrogens with one attached hydrogen (secondary N) is 1. The maximum absolute atomic E-state index is 13.0. The molecule has 2 N–H and O–H groups in total. The molecule has 10 nitrogen and oxygen atoms in total. The summed E-state index contributed by atoms with van der Waals surface area (Å²) in [4.78, 5) is 21.9. The fraction of sp³-hybridized carbons (Fsp3) is 0.708. The highest BCUT2D eigenvalue weighted by Crippen LogP contribution is 2.42. The SMILES string of the molecule is C[C@@]1(O)CCC[C@H]1n1c(=O)ccc2cnc(NC3CCN(S(=O)(=O)N4CC(C5CC5)C4)CC3)nc21. The van der Waals surface area contributed by atoms with E-state index in [0.717, 1.165) is 24.1 Å². The summed E-state index contributed by atoms with van der Waals surface area (Å²) in [5.74, 6) is 1.72. The Bertz CT molecular complexity index is 1280. The largest absolute Gasteiger partial charge is 0.388 e. The number of fused-ring (bicyclic) bond motifs is 1. The van der Waals surface area contributed by atoms with Crippen molar-refractivity contribution in [1.29, 1.82) is 0 Å². The molecular weight excluding hydrogens is 468 g/mol. The van der Waals surface area contributed by atoms with Crippen molar-refractivity contribution in [3.05, 3.63) is 28.7 Å². The lowest BCUT2D eigenvalue weighted by Gasteiger charge is -2.42. The van der Waals surface area contributed by atoms with Crippen molar-refractivity contribution in [2.45, 2.75) is 69.6 Å². The van der Waals surface area contributed by atoms with Crippen molar-refractivity contribution in [1.82, 2.24) is 23.1 Å². The van der Waals surface area contributed by atoms with Crippen LogP contribution in [0.5, 0.6) is 0 Å². The van der Waals surface area contributed by atoms with Crippen LogP contribution in [0.4, 0.5) is 5.95 Å². The molecule has 2 aromatic heterocycles. The van der Waals surface area contributed by atoms with Crippen molar-refractivity contribution < 1.29 is 13.5 Å². The van der Waals surface area contributed by atoms with E-state index in [1.54, 1.807) is 32.4 Å². The Labute approximate surface area is 205 Å². The van der Waals surface area contributed by atoms with E-state index in [9.17, 15) is 18.3 Å². The molecule has 2 saturated carbocycles.